The highest BCUT2D eigenvalue weighted by Gasteiger charge is 2.36. The Morgan fingerprint density at radius 1 is 1.10 bits per heavy atom. The van der Waals surface area contributed by atoms with E-state index < -0.39 is 17.7 Å². The zero-order valence-electron chi connectivity index (χ0n) is 27.5. The molecule has 2 saturated heterocycles. The molecule has 10 nitrogen and oxygen atoms in total. The van der Waals surface area contributed by atoms with E-state index in [2.05, 4.69) is 28.7 Å². The molecule has 3 aromatic rings. The topological polar surface area (TPSA) is 118 Å². The first-order chi connectivity index (χ1) is 22.8. The molecule has 2 aliphatic rings. The van der Waals surface area contributed by atoms with Gasteiger partial charge in [-0.25, -0.2) is 15.0 Å². The van der Waals surface area contributed by atoms with Crippen molar-refractivity contribution in [3.8, 4) is 17.0 Å². The molecule has 48 heavy (non-hydrogen) atoms. The Kier molecular flexibility index (Phi) is 11.4. The standard InChI is InChI=1S/C34H42F3N5O5S/c1-33(2)10-4-11-41(21-33)20-28-31(23-6-7-27(47-15-5-14-46-3)24(16-23)34(35,36)37)40-30(48-28)17-26(43)25-18-39-29(19-38-25)42-12-8-22(9-13-42)32(44)45/h6-7,16,18-19,22H,4-5,8-15,17,20-21H2,1-3H3,(H,44,45). The summed E-state index contributed by atoms with van der Waals surface area (Å²) in [7, 11) is 1.52. The van der Waals surface area contributed by atoms with Crippen molar-refractivity contribution < 1.29 is 37.3 Å². The van der Waals surface area contributed by atoms with Crippen molar-refractivity contribution in [2.75, 3.05) is 51.4 Å². The van der Waals surface area contributed by atoms with Crippen LogP contribution in [-0.2, 0) is 28.7 Å². The van der Waals surface area contributed by atoms with Gasteiger partial charge in [0, 0.05) is 56.8 Å². The van der Waals surface area contributed by atoms with Crippen LogP contribution < -0.4 is 9.64 Å². The van der Waals surface area contributed by atoms with Crippen LogP contribution >= 0.6 is 11.3 Å². The number of Topliss-reactive ketones (excluding diaryl/α,β-unsaturated/α-hetero) is 1. The first kappa shape index (κ1) is 35.7. The van der Waals surface area contributed by atoms with Gasteiger partial charge < -0.3 is 19.5 Å². The molecule has 0 unspecified atom stereocenters. The summed E-state index contributed by atoms with van der Waals surface area (Å²) >= 11 is 1.33. The minimum Gasteiger partial charge on any atom is -0.493 e. The van der Waals surface area contributed by atoms with Crippen LogP contribution in [0.1, 0.15) is 71.9 Å². The lowest BCUT2D eigenvalue weighted by Crippen LogP contribution is -2.39. The molecule has 1 N–H and O–H groups in total. The van der Waals surface area contributed by atoms with Gasteiger partial charge in [-0.15, -0.1) is 11.3 Å². The first-order valence-electron chi connectivity index (χ1n) is 16.2. The van der Waals surface area contributed by atoms with Crippen LogP contribution in [0.4, 0.5) is 19.0 Å². The summed E-state index contributed by atoms with van der Waals surface area (Å²) in [6.07, 6.45) is 1.80. The number of methoxy groups -OCH3 is 1. The van der Waals surface area contributed by atoms with E-state index in [0.29, 0.717) is 67.6 Å². The summed E-state index contributed by atoms with van der Waals surface area (Å²) in [6, 6.07) is 4.01. The summed E-state index contributed by atoms with van der Waals surface area (Å²) in [4.78, 5) is 43.1. The largest absolute Gasteiger partial charge is 0.493 e. The summed E-state index contributed by atoms with van der Waals surface area (Å²) in [5.74, 6) is -1.15. The number of ether oxygens (including phenoxy) is 2. The van der Waals surface area contributed by atoms with Gasteiger partial charge in [-0.05, 0) is 55.8 Å². The number of piperidine rings is 2. The van der Waals surface area contributed by atoms with Crippen molar-refractivity contribution in [3.05, 3.63) is 51.7 Å². The van der Waals surface area contributed by atoms with Crippen LogP contribution in [0, 0.1) is 11.3 Å². The van der Waals surface area contributed by atoms with E-state index in [1.54, 1.807) is 6.07 Å². The minimum atomic E-state index is -4.64. The van der Waals surface area contributed by atoms with Gasteiger partial charge in [-0.1, -0.05) is 13.8 Å². The third kappa shape index (κ3) is 9.08. The number of carboxylic acids is 1. The molecule has 0 radical (unpaired) electrons. The predicted octanol–water partition coefficient (Wildman–Crippen LogP) is 6.38. The molecule has 0 amide bonds. The SMILES string of the molecule is COCCCOc1ccc(-c2nc(CC(=O)c3cnc(N4CCC(C(=O)O)CC4)cn3)sc2CN2CCCC(C)(C)C2)cc1C(F)(F)F. The number of thiazole rings is 1. The van der Waals surface area contributed by atoms with Crippen LogP contribution in [0.3, 0.4) is 0 Å². The number of hydrogen-bond acceptors (Lipinski definition) is 10. The van der Waals surface area contributed by atoms with Gasteiger partial charge in [-0.2, -0.15) is 13.2 Å². The molecule has 1 aromatic carbocycles. The Morgan fingerprint density at radius 3 is 2.52 bits per heavy atom. The molecule has 0 aliphatic carbocycles. The second-order valence-electron chi connectivity index (χ2n) is 13.2. The molecular formula is C34H42F3N5O5S. The number of aliphatic carboxylic acids is 1. The van der Waals surface area contributed by atoms with E-state index in [1.807, 2.05) is 4.90 Å². The van der Waals surface area contributed by atoms with Crippen molar-refractivity contribution in [2.24, 2.45) is 11.3 Å². The van der Waals surface area contributed by atoms with Gasteiger partial charge in [-0.3, -0.25) is 14.5 Å². The average Bonchev–Trinajstić information content (AvgIpc) is 3.43. The van der Waals surface area contributed by atoms with Crippen molar-refractivity contribution in [3.63, 3.8) is 0 Å². The number of aromatic nitrogens is 3. The van der Waals surface area contributed by atoms with Gasteiger partial charge in [0.25, 0.3) is 0 Å². The number of carboxylic acid groups (broad SMARTS) is 1. The second kappa shape index (κ2) is 15.3. The Balaban J connectivity index is 1.38. The summed E-state index contributed by atoms with van der Waals surface area (Å²) in [5, 5.41) is 9.74. The summed E-state index contributed by atoms with van der Waals surface area (Å²) < 4.78 is 53.1. The van der Waals surface area contributed by atoms with Crippen molar-refractivity contribution in [1.82, 2.24) is 19.9 Å². The molecule has 2 aromatic heterocycles. The zero-order chi connectivity index (χ0) is 34.5. The van der Waals surface area contributed by atoms with Crippen molar-refractivity contribution in [2.45, 2.75) is 65.1 Å². The molecule has 5 rings (SSSR count). The Labute approximate surface area is 282 Å². The van der Waals surface area contributed by atoms with Crippen LogP contribution in [0.2, 0.25) is 0 Å². The molecule has 14 heteroatoms. The average molecular weight is 690 g/mol. The number of benzene rings is 1. The van der Waals surface area contributed by atoms with Gasteiger partial charge in [0.05, 0.1) is 42.6 Å². The van der Waals surface area contributed by atoms with Gasteiger partial charge in [0.1, 0.15) is 22.3 Å². The van der Waals surface area contributed by atoms with E-state index in [1.165, 1.54) is 36.9 Å². The molecule has 2 fully saturated rings. The Hall–Kier alpha value is -3.62. The predicted molar refractivity (Wildman–Crippen MR) is 175 cm³/mol. The van der Waals surface area contributed by atoms with Gasteiger partial charge >= 0.3 is 12.1 Å². The van der Waals surface area contributed by atoms with E-state index in [4.69, 9.17) is 14.5 Å². The van der Waals surface area contributed by atoms with Gasteiger partial charge in [0.2, 0.25) is 0 Å². The number of alkyl halides is 3. The fourth-order valence-electron chi connectivity index (χ4n) is 6.31. The first-order valence-corrected chi connectivity index (χ1v) is 17.0. The number of nitrogens with zero attached hydrogens (tertiary/aromatic N) is 5. The fraction of sp³-hybridized carbons (Fsp3) is 0.559. The lowest BCUT2D eigenvalue weighted by Gasteiger charge is -2.37. The van der Waals surface area contributed by atoms with Crippen molar-refractivity contribution >= 4 is 28.9 Å². The maximum atomic E-state index is 14.2. The van der Waals surface area contributed by atoms with E-state index in [0.717, 1.165) is 36.9 Å². The van der Waals surface area contributed by atoms with Crippen LogP contribution in [0.15, 0.2) is 30.6 Å². The number of hydrogen-bond donors (Lipinski definition) is 1. The molecule has 0 bridgehead atoms. The fourth-order valence-corrected chi connectivity index (χ4v) is 7.45. The van der Waals surface area contributed by atoms with Crippen LogP contribution in [0.25, 0.3) is 11.3 Å². The monoisotopic (exact) mass is 689 g/mol. The molecule has 0 atom stereocenters. The Bertz CT molecular complexity index is 1570. The second-order valence-corrected chi connectivity index (χ2v) is 14.4. The third-order valence-electron chi connectivity index (χ3n) is 8.80. The van der Waals surface area contributed by atoms with Crippen molar-refractivity contribution in [1.29, 1.82) is 0 Å². The normalized spacial score (nSPS) is 17.4. The quantitative estimate of drug-likeness (QED) is 0.160. The van der Waals surface area contributed by atoms with Gasteiger partial charge in [0.15, 0.2) is 5.78 Å². The maximum absolute atomic E-state index is 14.2. The lowest BCUT2D eigenvalue weighted by atomic mass is 9.84. The highest BCUT2D eigenvalue weighted by atomic mass is 32.1. The number of rotatable bonds is 13. The molecular weight excluding hydrogens is 647 g/mol. The number of likely N-dealkylation sites (tertiary alicyclic amines) is 1. The zero-order valence-corrected chi connectivity index (χ0v) is 28.3. The third-order valence-corrected chi connectivity index (χ3v) is 9.84. The Morgan fingerprint density at radius 2 is 1.88 bits per heavy atom. The maximum Gasteiger partial charge on any atom is 0.419 e. The molecule has 260 valence electrons. The molecule has 2 aliphatic heterocycles. The lowest BCUT2D eigenvalue weighted by molar-refractivity contribution is -0.142. The van der Waals surface area contributed by atoms with E-state index >= 15 is 0 Å². The highest BCUT2D eigenvalue weighted by Crippen LogP contribution is 2.41. The van der Waals surface area contributed by atoms with E-state index in [9.17, 15) is 27.9 Å². The van der Waals surface area contributed by atoms with E-state index in [-0.39, 0.29) is 41.6 Å². The highest BCUT2D eigenvalue weighted by molar-refractivity contribution is 7.12. The molecule has 0 spiro atoms. The van der Waals surface area contributed by atoms with Crippen LogP contribution in [-0.4, -0.2) is 83.2 Å². The number of carbonyl (C=O) groups excluding carboxylic acids is 1. The number of ketones is 1. The molecule has 0 saturated carbocycles. The molecule has 4 heterocycles. The smallest absolute Gasteiger partial charge is 0.419 e. The summed E-state index contributed by atoms with van der Waals surface area (Å²) in [5.41, 5.74) is 0.127. The number of anilines is 1. The number of carbonyl (C=O) groups is 2. The minimum absolute atomic E-state index is 0.0754. The number of halogens is 3. The van der Waals surface area contributed by atoms with Crippen LogP contribution in [0.5, 0.6) is 5.75 Å². The summed E-state index contributed by atoms with van der Waals surface area (Å²) in [6.45, 7) is 8.17.